The van der Waals surface area contributed by atoms with Gasteiger partial charge in [-0.25, -0.2) is 8.42 Å². The summed E-state index contributed by atoms with van der Waals surface area (Å²) in [5.74, 6) is -1.52. The average molecular weight is 292 g/mol. The van der Waals surface area contributed by atoms with Crippen LogP contribution in [-0.2, 0) is 20.6 Å². The predicted octanol–water partition coefficient (Wildman–Crippen LogP) is 1.62. The van der Waals surface area contributed by atoms with Crippen molar-refractivity contribution in [3.8, 4) is 0 Å². The number of benzene rings is 1. The molecule has 0 unspecified atom stereocenters. The maximum atomic E-state index is 11.8. The third-order valence-corrected chi connectivity index (χ3v) is 4.00. The fourth-order valence-electron chi connectivity index (χ4n) is 1.27. The molecule has 1 aromatic carbocycles. The number of hydrogen-bond acceptors (Lipinski definition) is 3. The fraction of sp³-hybridized carbons (Fsp3) is 0.364. The second kappa shape index (κ2) is 5.26. The Morgan fingerprint density at radius 2 is 1.83 bits per heavy atom. The maximum Gasteiger partial charge on any atom is 0.324 e. The van der Waals surface area contributed by atoms with E-state index in [0.717, 1.165) is 0 Å². The van der Waals surface area contributed by atoms with E-state index < -0.39 is 21.5 Å². The topological polar surface area (TPSA) is 83.5 Å². The van der Waals surface area contributed by atoms with Crippen molar-refractivity contribution in [3.05, 3.63) is 34.9 Å². The summed E-state index contributed by atoms with van der Waals surface area (Å²) in [7, 11) is -3.72. The lowest BCUT2D eigenvalue weighted by molar-refractivity contribution is -0.142. The summed E-state index contributed by atoms with van der Waals surface area (Å²) in [5, 5.41) is 9.37. The van der Waals surface area contributed by atoms with E-state index in [4.69, 9.17) is 16.7 Å². The van der Waals surface area contributed by atoms with Crippen molar-refractivity contribution < 1.29 is 18.3 Å². The van der Waals surface area contributed by atoms with Gasteiger partial charge < -0.3 is 5.11 Å². The lowest BCUT2D eigenvalue weighted by Crippen LogP contribution is -2.49. The summed E-state index contributed by atoms with van der Waals surface area (Å²) in [5.41, 5.74) is -1.00. The van der Waals surface area contributed by atoms with Crippen molar-refractivity contribution >= 4 is 27.6 Å². The first-order chi connectivity index (χ1) is 8.12. The van der Waals surface area contributed by atoms with Crippen molar-refractivity contribution in [1.82, 2.24) is 4.72 Å². The van der Waals surface area contributed by atoms with Gasteiger partial charge in [0.1, 0.15) is 5.54 Å². The fourth-order valence-corrected chi connectivity index (χ4v) is 2.96. The SMILES string of the molecule is CC(C)(NS(=O)(=O)Cc1ccc(Cl)cc1)C(=O)O. The Balaban J connectivity index is 2.83. The van der Waals surface area contributed by atoms with Crippen molar-refractivity contribution in [2.24, 2.45) is 0 Å². The molecule has 0 bridgehead atoms. The number of rotatable bonds is 5. The Hall–Kier alpha value is -1.11. The molecule has 0 aliphatic rings. The van der Waals surface area contributed by atoms with Gasteiger partial charge in [-0.15, -0.1) is 0 Å². The molecule has 18 heavy (non-hydrogen) atoms. The van der Waals surface area contributed by atoms with Crippen LogP contribution in [0.3, 0.4) is 0 Å². The minimum Gasteiger partial charge on any atom is -0.480 e. The van der Waals surface area contributed by atoms with Gasteiger partial charge in [-0.1, -0.05) is 23.7 Å². The average Bonchev–Trinajstić information content (AvgIpc) is 2.19. The summed E-state index contributed by atoms with van der Waals surface area (Å²) < 4.78 is 25.7. The zero-order chi connectivity index (χ0) is 14.0. The zero-order valence-corrected chi connectivity index (χ0v) is 11.5. The van der Waals surface area contributed by atoms with Crippen LogP contribution in [-0.4, -0.2) is 25.0 Å². The molecule has 0 aromatic heterocycles. The van der Waals surface area contributed by atoms with Gasteiger partial charge in [-0.2, -0.15) is 4.72 Å². The molecule has 0 fully saturated rings. The molecule has 0 spiro atoms. The Kier molecular flexibility index (Phi) is 4.37. The lowest BCUT2D eigenvalue weighted by atomic mass is 10.1. The molecule has 7 heteroatoms. The molecule has 0 saturated carbocycles. The second-order valence-electron chi connectivity index (χ2n) is 4.42. The van der Waals surface area contributed by atoms with Crippen LogP contribution in [0.1, 0.15) is 19.4 Å². The van der Waals surface area contributed by atoms with Gasteiger partial charge in [0.05, 0.1) is 5.75 Å². The summed E-state index contributed by atoms with van der Waals surface area (Å²) in [6.07, 6.45) is 0. The van der Waals surface area contributed by atoms with Gasteiger partial charge in [-0.05, 0) is 31.5 Å². The summed E-state index contributed by atoms with van der Waals surface area (Å²) in [4.78, 5) is 10.9. The van der Waals surface area contributed by atoms with E-state index in [-0.39, 0.29) is 5.75 Å². The third-order valence-electron chi connectivity index (χ3n) is 2.22. The molecule has 0 aliphatic heterocycles. The predicted molar refractivity (Wildman–Crippen MR) is 68.9 cm³/mol. The molecule has 0 amide bonds. The van der Waals surface area contributed by atoms with E-state index >= 15 is 0 Å². The van der Waals surface area contributed by atoms with E-state index in [1.54, 1.807) is 24.3 Å². The van der Waals surface area contributed by atoms with Gasteiger partial charge in [0.15, 0.2) is 0 Å². The van der Waals surface area contributed by atoms with Crippen molar-refractivity contribution in [1.29, 1.82) is 0 Å². The Bertz CT molecular complexity index is 537. The van der Waals surface area contributed by atoms with Crippen LogP contribution in [0.25, 0.3) is 0 Å². The Morgan fingerprint density at radius 1 is 1.33 bits per heavy atom. The summed E-state index contributed by atoms with van der Waals surface area (Å²) in [6.45, 7) is 2.57. The number of hydrogen-bond donors (Lipinski definition) is 2. The molecule has 1 aromatic rings. The standard InChI is InChI=1S/C11H14ClNO4S/c1-11(2,10(14)15)13-18(16,17)7-8-3-5-9(12)6-4-8/h3-6,13H,7H2,1-2H3,(H,14,15). The highest BCUT2D eigenvalue weighted by Gasteiger charge is 2.32. The maximum absolute atomic E-state index is 11.8. The normalized spacial score (nSPS) is 12.4. The van der Waals surface area contributed by atoms with Crippen LogP contribution in [0.2, 0.25) is 5.02 Å². The van der Waals surface area contributed by atoms with Crippen molar-refractivity contribution in [2.75, 3.05) is 0 Å². The van der Waals surface area contributed by atoms with E-state index in [9.17, 15) is 13.2 Å². The van der Waals surface area contributed by atoms with Crippen LogP contribution in [0, 0.1) is 0 Å². The van der Waals surface area contributed by atoms with Crippen molar-refractivity contribution in [3.63, 3.8) is 0 Å². The third kappa shape index (κ3) is 4.29. The van der Waals surface area contributed by atoms with E-state index in [0.29, 0.717) is 10.6 Å². The molecule has 0 aliphatic carbocycles. The van der Waals surface area contributed by atoms with Gasteiger partial charge in [0, 0.05) is 5.02 Å². The Morgan fingerprint density at radius 3 is 2.28 bits per heavy atom. The number of carbonyl (C=O) groups is 1. The summed E-state index contributed by atoms with van der Waals surface area (Å²) in [6, 6.07) is 6.31. The molecule has 2 N–H and O–H groups in total. The molecular weight excluding hydrogens is 278 g/mol. The molecule has 100 valence electrons. The molecular formula is C11H14ClNO4S. The molecule has 0 heterocycles. The number of carboxylic acids is 1. The van der Waals surface area contributed by atoms with E-state index in [2.05, 4.69) is 4.72 Å². The van der Waals surface area contributed by atoms with Crippen molar-refractivity contribution in [2.45, 2.75) is 25.1 Å². The first kappa shape index (κ1) is 14.9. The molecule has 0 atom stereocenters. The highest BCUT2D eigenvalue weighted by molar-refractivity contribution is 7.88. The Labute approximate surface area is 111 Å². The van der Waals surface area contributed by atoms with Gasteiger partial charge in [0.25, 0.3) is 0 Å². The first-order valence-electron chi connectivity index (χ1n) is 5.12. The number of nitrogens with one attached hydrogen (secondary N) is 1. The zero-order valence-electron chi connectivity index (χ0n) is 9.97. The largest absolute Gasteiger partial charge is 0.480 e. The monoisotopic (exact) mass is 291 g/mol. The quantitative estimate of drug-likeness (QED) is 0.863. The highest BCUT2D eigenvalue weighted by Crippen LogP contribution is 2.13. The minimum absolute atomic E-state index is 0.291. The van der Waals surface area contributed by atoms with Gasteiger partial charge in [0.2, 0.25) is 10.0 Å². The number of aliphatic carboxylic acids is 1. The van der Waals surface area contributed by atoms with Crippen LogP contribution in [0.15, 0.2) is 24.3 Å². The molecule has 0 radical (unpaired) electrons. The number of sulfonamides is 1. The second-order valence-corrected chi connectivity index (χ2v) is 6.58. The van der Waals surface area contributed by atoms with E-state index in [1.807, 2.05) is 0 Å². The van der Waals surface area contributed by atoms with Crippen LogP contribution >= 0.6 is 11.6 Å². The number of carboxylic acid groups (broad SMARTS) is 1. The van der Waals surface area contributed by atoms with Gasteiger partial charge in [-0.3, -0.25) is 4.79 Å². The summed E-state index contributed by atoms with van der Waals surface area (Å²) >= 11 is 5.69. The van der Waals surface area contributed by atoms with Crippen LogP contribution in [0.5, 0.6) is 0 Å². The molecule has 0 saturated heterocycles. The number of halogens is 1. The van der Waals surface area contributed by atoms with Gasteiger partial charge >= 0.3 is 5.97 Å². The first-order valence-corrected chi connectivity index (χ1v) is 7.15. The smallest absolute Gasteiger partial charge is 0.324 e. The van der Waals surface area contributed by atoms with Crippen LogP contribution < -0.4 is 4.72 Å². The minimum atomic E-state index is -3.72. The van der Waals surface area contributed by atoms with E-state index in [1.165, 1.54) is 13.8 Å². The van der Waals surface area contributed by atoms with Crippen LogP contribution in [0.4, 0.5) is 0 Å². The molecule has 1 rings (SSSR count). The highest BCUT2D eigenvalue weighted by atomic mass is 35.5. The lowest BCUT2D eigenvalue weighted by Gasteiger charge is -2.20. The molecule has 5 nitrogen and oxygen atoms in total.